The van der Waals surface area contributed by atoms with Crippen molar-refractivity contribution in [2.75, 3.05) is 24.9 Å². The predicted molar refractivity (Wildman–Crippen MR) is 92.7 cm³/mol. The number of para-hydroxylation sites is 1. The lowest BCUT2D eigenvalue weighted by Crippen LogP contribution is -2.50. The van der Waals surface area contributed by atoms with Crippen LogP contribution in [0, 0.1) is 0 Å². The van der Waals surface area contributed by atoms with Crippen molar-refractivity contribution in [3.8, 4) is 0 Å². The molecule has 8 heteroatoms. The molecule has 1 heterocycles. The van der Waals surface area contributed by atoms with Gasteiger partial charge in [0.2, 0.25) is 0 Å². The van der Waals surface area contributed by atoms with Crippen LogP contribution in [-0.4, -0.2) is 38.9 Å². The summed E-state index contributed by atoms with van der Waals surface area (Å²) >= 11 is 6.76. The van der Waals surface area contributed by atoms with E-state index in [1.807, 2.05) is 25.2 Å². The average molecular weight is 441 g/mol. The second-order valence-electron chi connectivity index (χ2n) is 5.02. The molecule has 1 aromatic carbocycles. The largest absolute Gasteiger partial charge is 0.318 e. The topological polar surface area (TPSA) is 61.4 Å². The summed E-state index contributed by atoms with van der Waals surface area (Å²) in [4.78, 5) is 0. The lowest BCUT2D eigenvalue weighted by atomic mass is 10.1. The summed E-state index contributed by atoms with van der Waals surface area (Å²) in [5.74, 6) is 0. The fourth-order valence-electron chi connectivity index (χ4n) is 2.51. The van der Waals surface area contributed by atoms with Gasteiger partial charge in [-0.2, -0.15) is 12.7 Å². The summed E-state index contributed by atoms with van der Waals surface area (Å²) in [6.07, 6.45) is 2.86. The van der Waals surface area contributed by atoms with Crippen LogP contribution in [0.5, 0.6) is 0 Å². The van der Waals surface area contributed by atoms with Crippen molar-refractivity contribution in [3.05, 3.63) is 27.1 Å². The van der Waals surface area contributed by atoms with Crippen molar-refractivity contribution in [2.24, 2.45) is 0 Å². The number of hydrogen-bond acceptors (Lipinski definition) is 3. The van der Waals surface area contributed by atoms with Crippen LogP contribution in [0.1, 0.15) is 19.3 Å². The summed E-state index contributed by atoms with van der Waals surface area (Å²) in [7, 11) is -1.72. The molecule has 2 rings (SSSR count). The number of anilines is 1. The average Bonchev–Trinajstić information content (AvgIpc) is 2.44. The summed E-state index contributed by atoms with van der Waals surface area (Å²) in [6.45, 7) is 1.22. The Hall–Kier alpha value is -0.150. The third kappa shape index (κ3) is 4.19. The number of halogens is 2. The van der Waals surface area contributed by atoms with E-state index in [0.717, 1.165) is 19.3 Å². The van der Waals surface area contributed by atoms with Gasteiger partial charge in [-0.1, -0.05) is 12.5 Å². The summed E-state index contributed by atoms with van der Waals surface area (Å²) in [5, 5.41) is 3.07. The van der Waals surface area contributed by atoms with E-state index in [1.165, 1.54) is 0 Å². The Morgan fingerprint density at radius 1 is 1.29 bits per heavy atom. The molecule has 1 aliphatic heterocycles. The van der Waals surface area contributed by atoms with Gasteiger partial charge >= 0.3 is 10.2 Å². The fourth-order valence-corrected chi connectivity index (χ4v) is 5.51. The van der Waals surface area contributed by atoms with E-state index < -0.39 is 10.2 Å². The molecule has 0 amide bonds. The first kappa shape index (κ1) is 17.2. The van der Waals surface area contributed by atoms with Gasteiger partial charge in [0.25, 0.3) is 0 Å². The van der Waals surface area contributed by atoms with Crippen molar-refractivity contribution in [1.82, 2.24) is 9.62 Å². The summed E-state index contributed by atoms with van der Waals surface area (Å²) < 4.78 is 31.1. The van der Waals surface area contributed by atoms with Crippen LogP contribution >= 0.6 is 31.9 Å². The molecule has 1 saturated heterocycles. The third-order valence-corrected chi connectivity index (χ3v) is 6.40. The maximum atomic E-state index is 12.7. The molecule has 0 bridgehead atoms. The minimum Gasteiger partial charge on any atom is -0.318 e. The molecule has 5 nitrogen and oxygen atoms in total. The van der Waals surface area contributed by atoms with Crippen molar-refractivity contribution >= 4 is 47.8 Å². The zero-order valence-corrected chi connectivity index (χ0v) is 15.8. The second-order valence-corrected chi connectivity index (χ2v) is 8.35. The molecule has 1 aromatic rings. The zero-order valence-electron chi connectivity index (χ0n) is 11.8. The van der Waals surface area contributed by atoms with E-state index in [1.54, 1.807) is 4.31 Å². The molecule has 0 aliphatic carbocycles. The number of piperidine rings is 1. The SMILES string of the molecule is CNCC1CCCCN1S(=O)(=O)Nc1c(Br)cccc1Br. The molecule has 0 spiro atoms. The maximum Gasteiger partial charge on any atom is 0.302 e. The first-order valence-corrected chi connectivity index (χ1v) is 9.86. The number of benzene rings is 1. The van der Waals surface area contributed by atoms with E-state index in [2.05, 4.69) is 41.9 Å². The monoisotopic (exact) mass is 439 g/mol. The van der Waals surface area contributed by atoms with Crippen molar-refractivity contribution < 1.29 is 8.42 Å². The Balaban J connectivity index is 2.24. The number of nitrogens with one attached hydrogen (secondary N) is 2. The minimum absolute atomic E-state index is 0.00233. The van der Waals surface area contributed by atoms with E-state index in [4.69, 9.17) is 0 Å². The van der Waals surface area contributed by atoms with E-state index in [9.17, 15) is 8.42 Å². The molecule has 21 heavy (non-hydrogen) atoms. The van der Waals surface area contributed by atoms with Crippen molar-refractivity contribution in [1.29, 1.82) is 0 Å². The molecule has 0 saturated carbocycles. The number of hydrogen-bond donors (Lipinski definition) is 2. The normalized spacial score (nSPS) is 20.4. The highest BCUT2D eigenvalue weighted by Crippen LogP contribution is 2.32. The van der Waals surface area contributed by atoms with Crippen molar-refractivity contribution in [2.45, 2.75) is 25.3 Å². The van der Waals surface area contributed by atoms with Gasteiger partial charge in [-0.25, -0.2) is 0 Å². The molecule has 118 valence electrons. The van der Waals surface area contributed by atoms with Crippen LogP contribution in [0.3, 0.4) is 0 Å². The van der Waals surface area contributed by atoms with Crippen LogP contribution < -0.4 is 10.0 Å². The number of rotatable bonds is 5. The molecule has 1 unspecified atom stereocenters. The quantitative estimate of drug-likeness (QED) is 0.739. The highest BCUT2D eigenvalue weighted by molar-refractivity contribution is 9.11. The van der Waals surface area contributed by atoms with Gasteiger partial charge in [-0.05, 0) is 63.9 Å². The Kier molecular flexibility index (Phi) is 6.07. The highest BCUT2D eigenvalue weighted by atomic mass is 79.9. The Morgan fingerprint density at radius 2 is 1.95 bits per heavy atom. The first-order valence-electron chi connectivity index (χ1n) is 6.84. The Morgan fingerprint density at radius 3 is 2.57 bits per heavy atom. The van der Waals surface area contributed by atoms with Crippen LogP contribution in [0.25, 0.3) is 0 Å². The zero-order chi connectivity index (χ0) is 15.5. The van der Waals surface area contributed by atoms with Crippen LogP contribution in [0.2, 0.25) is 0 Å². The smallest absolute Gasteiger partial charge is 0.302 e. The molecule has 1 aliphatic rings. The highest BCUT2D eigenvalue weighted by Gasteiger charge is 2.32. The molecule has 0 radical (unpaired) electrons. The van der Waals surface area contributed by atoms with Gasteiger partial charge in [0.1, 0.15) is 0 Å². The van der Waals surface area contributed by atoms with E-state index in [-0.39, 0.29) is 6.04 Å². The number of likely N-dealkylation sites (N-methyl/N-ethyl adjacent to an activating group) is 1. The molecule has 0 aromatic heterocycles. The summed E-state index contributed by atoms with van der Waals surface area (Å²) in [6, 6.07) is 5.47. The molecule has 1 atom stereocenters. The standard InChI is InChI=1S/C13H19Br2N3O2S/c1-16-9-10-5-2-3-8-18(10)21(19,20)17-13-11(14)6-4-7-12(13)15/h4,6-7,10,16-17H,2-3,5,8-9H2,1H3. The predicted octanol–water partition coefficient (Wildman–Crippen LogP) is 2.94. The van der Waals surface area contributed by atoms with Gasteiger partial charge in [-0.3, -0.25) is 4.72 Å². The Labute approximate surface area is 142 Å². The lowest BCUT2D eigenvalue weighted by molar-refractivity contribution is 0.250. The molecular formula is C13H19Br2N3O2S. The third-order valence-electron chi connectivity index (χ3n) is 3.52. The van der Waals surface area contributed by atoms with Crippen LogP contribution in [0.15, 0.2) is 27.1 Å². The second kappa shape index (κ2) is 7.41. The lowest BCUT2D eigenvalue weighted by Gasteiger charge is -2.34. The number of nitrogens with zero attached hydrogens (tertiary/aromatic N) is 1. The Bertz CT molecular complexity index is 573. The van der Waals surface area contributed by atoms with Gasteiger partial charge in [0.05, 0.1) is 5.69 Å². The van der Waals surface area contributed by atoms with Gasteiger partial charge < -0.3 is 5.32 Å². The van der Waals surface area contributed by atoms with E-state index >= 15 is 0 Å². The maximum absolute atomic E-state index is 12.7. The van der Waals surface area contributed by atoms with Gasteiger partial charge in [0.15, 0.2) is 0 Å². The van der Waals surface area contributed by atoms with Crippen LogP contribution in [-0.2, 0) is 10.2 Å². The minimum atomic E-state index is -3.57. The van der Waals surface area contributed by atoms with Crippen LogP contribution in [0.4, 0.5) is 5.69 Å². The first-order chi connectivity index (χ1) is 9.95. The molecule has 1 fully saturated rings. The summed E-state index contributed by atoms with van der Waals surface area (Å²) in [5.41, 5.74) is 0.534. The van der Waals surface area contributed by atoms with Crippen molar-refractivity contribution in [3.63, 3.8) is 0 Å². The fraction of sp³-hybridized carbons (Fsp3) is 0.538. The van der Waals surface area contributed by atoms with Gasteiger partial charge in [-0.15, -0.1) is 0 Å². The van der Waals surface area contributed by atoms with Gasteiger partial charge in [0, 0.05) is 28.1 Å². The molecular weight excluding hydrogens is 422 g/mol. The van der Waals surface area contributed by atoms with E-state index in [0.29, 0.717) is 27.7 Å². The molecule has 2 N–H and O–H groups in total.